The van der Waals surface area contributed by atoms with Gasteiger partial charge in [-0.1, -0.05) is 19.3 Å². The molecule has 1 saturated heterocycles. The molecule has 0 aromatic carbocycles. The Morgan fingerprint density at radius 2 is 1.88 bits per heavy atom. The summed E-state index contributed by atoms with van der Waals surface area (Å²) >= 11 is 0. The van der Waals surface area contributed by atoms with Gasteiger partial charge in [-0.3, -0.25) is 4.79 Å². The molecule has 1 aliphatic carbocycles. The molecule has 3 rings (SSSR count). The number of carbonyl (C=O) groups excluding carboxylic acids is 1. The van der Waals surface area contributed by atoms with Gasteiger partial charge in [0.25, 0.3) is 0 Å². The summed E-state index contributed by atoms with van der Waals surface area (Å²) in [4.78, 5) is 16.3. The second-order valence-corrected chi connectivity index (χ2v) is 6.45. The van der Waals surface area contributed by atoms with Crippen LogP contribution in [0.4, 0.5) is 0 Å². The molecular weight excluding hydrogens is 301 g/mol. The Labute approximate surface area is 155 Å². The summed E-state index contributed by atoms with van der Waals surface area (Å²) in [5.74, 6) is 1.47. The van der Waals surface area contributed by atoms with Gasteiger partial charge in [0.05, 0.1) is 18.7 Å². The molecular formula is C18H25LiNO4. The van der Waals surface area contributed by atoms with Crippen LogP contribution in [0.1, 0.15) is 44.9 Å². The fourth-order valence-electron chi connectivity index (χ4n) is 3.20. The summed E-state index contributed by atoms with van der Waals surface area (Å²) in [5, 5.41) is 0. The van der Waals surface area contributed by atoms with Gasteiger partial charge >= 0.3 is 5.97 Å². The van der Waals surface area contributed by atoms with Crippen molar-refractivity contribution in [3.63, 3.8) is 0 Å². The van der Waals surface area contributed by atoms with E-state index in [1.54, 1.807) is 18.3 Å². The number of nitrogens with zero attached hydrogens (tertiary/aromatic N) is 1. The molecule has 0 unspecified atom stereocenters. The maximum Gasteiger partial charge on any atom is 0.314 e. The third-order valence-corrected chi connectivity index (χ3v) is 4.67. The third kappa shape index (κ3) is 5.80. The Bertz CT molecular complexity index is 496. The normalized spacial score (nSPS) is 19.3. The molecule has 1 radical (unpaired) electrons. The molecule has 0 atom stereocenters. The van der Waals surface area contributed by atoms with Crippen molar-refractivity contribution in [1.82, 2.24) is 4.98 Å². The van der Waals surface area contributed by atoms with E-state index in [4.69, 9.17) is 14.2 Å². The van der Waals surface area contributed by atoms with E-state index in [1.165, 1.54) is 32.1 Å². The first-order chi connectivity index (χ1) is 11.3. The molecule has 0 N–H and O–H groups in total. The van der Waals surface area contributed by atoms with Crippen LogP contribution >= 0.6 is 0 Å². The zero-order valence-electron chi connectivity index (χ0n) is 14.5. The van der Waals surface area contributed by atoms with Crippen LogP contribution in [0.2, 0.25) is 0 Å². The van der Waals surface area contributed by atoms with Crippen LogP contribution in [0, 0.1) is 11.8 Å². The van der Waals surface area contributed by atoms with Crippen molar-refractivity contribution in [2.24, 2.45) is 11.8 Å². The zero-order valence-corrected chi connectivity index (χ0v) is 14.5. The molecule has 2 fully saturated rings. The first-order valence-corrected chi connectivity index (χ1v) is 8.69. The molecule has 2 heterocycles. The van der Waals surface area contributed by atoms with Crippen LogP contribution in [0.3, 0.4) is 0 Å². The number of ether oxygens (including phenoxy) is 3. The SMILES string of the molecule is O=C(Oc1ccc(OCC2CCCCC2)nc1)C1CCOCC1.[Li]. The van der Waals surface area contributed by atoms with Crippen LogP contribution in [0.5, 0.6) is 11.6 Å². The summed E-state index contributed by atoms with van der Waals surface area (Å²) in [6.45, 7) is 1.99. The van der Waals surface area contributed by atoms with Gasteiger partial charge in [0.15, 0.2) is 0 Å². The first kappa shape index (κ1) is 19.3. The number of hydrogen-bond acceptors (Lipinski definition) is 5. The van der Waals surface area contributed by atoms with E-state index in [0.717, 1.165) is 19.4 Å². The Morgan fingerprint density at radius 3 is 2.54 bits per heavy atom. The van der Waals surface area contributed by atoms with Crippen molar-refractivity contribution >= 4 is 24.8 Å². The third-order valence-electron chi connectivity index (χ3n) is 4.67. The van der Waals surface area contributed by atoms with Crippen molar-refractivity contribution in [2.75, 3.05) is 19.8 Å². The summed E-state index contributed by atoms with van der Waals surface area (Å²) in [7, 11) is 0. The van der Waals surface area contributed by atoms with E-state index in [9.17, 15) is 4.79 Å². The maximum absolute atomic E-state index is 12.0. The second-order valence-electron chi connectivity index (χ2n) is 6.45. The fraction of sp³-hybridized carbons (Fsp3) is 0.667. The molecule has 1 aliphatic heterocycles. The Hall–Kier alpha value is -1.02. The van der Waals surface area contributed by atoms with Gasteiger partial charge in [-0.15, -0.1) is 0 Å². The molecule has 2 aliphatic rings. The van der Waals surface area contributed by atoms with Crippen LogP contribution < -0.4 is 9.47 Å². The van der Waals surface area contributed by atoms with Crippen LogP contribution in [-0.2, 0) is 9.53 Å². The van der Waals surface area contributed by atoms with Crippen LogP contribution in [0.15, 0.2) is 18.3 Å². The minimum atomic E-state index is -0.189. The molecule has 0 bridgehead atoms. The molecule has 0 spiro atoms. The van der Waals surface area contributed by atoms with Crippen molar-refractivity contribution in [3.05, 3.63) is 18.3 Å². The standard InChI is InChI=1S/C18H25NO4.Li/c20-18(15-8-10-21-11-9-15)23-16-6-7-17(19-12-16)22-13-14-4-2-1-3-5-14;/h6-7,12,14-15H,1-5,8-11,13H2;. The quantitative estimate of drug-likeness (QED) is 0.615. The van der Waals surface area contributed by atoms with E-state index in [-0.39, 0.29) is 30.7 Å². The first-order valence-electron chi connectivity index (χ1n) is 8.69. The maximum atomic E-state index is 12.0. The average Bonchev–Trinajstić information content (AvgIpc) is 2.63. The molecule has 5 nitrogen and oxygen atoms in total. The number of aromatic nitrogens is 1. The summed E-state index contributed by atoms with van der Waals surface area (Å²) in [6, 6.07) is 3.52. The van der Waals surface area contributed by atoms with Crippen LogP contribution in [0.25, 0.3) is 0 Å². The Kier molecular flexibility index (Phi) is 8.11. The van der Waals surface area contributed by atoms with Gasteiger partial charge in [-0.25, -0.2) is 4.98 Å². The number of hydrogen-bond donors (Lipinski definition) is 0. The Balaban J connectivity index is 0.00000208. The van der Waals surface area contributed by atoms with Gasteiger partial charge in [-0.05, 0) is 37.7 Å². The molecule has 1 aromatic rings. The fourth-order valence-corrected chi connectivity index (χ4v) is 3.20. The van der Waals surface area contributed by atoms with Crippen LogP contribution in [-0.4, -0.2) is 49.6 Å². The van der Waals surface area contributed by atoms with Crippen molar-refractivity contribution in [2.45, 2.75) is 44.9 Å². The minimum absolute atomic E-state index is 0. The monoisotopic (exact) mass is 326 g/mol. The number of carbonyl (C=O) groups is 1. The Morgan fingerprint density at radius 1 is 1.12 bits per heavy atom. The van der Waals surface area contributed by atoms with E-state index >= 15 is 0 Å². The predicted octanol–water partition coefficient (Wildman–Crippen LogP) is 2.99. The molecule has 127 valence electrons. The van der Waals surface area contributed by atoms with Gasteiger partial charge < -0.3 is 14.2 Å². The van der Waals surface area contributed by atoms with Gasteiger partial charge in [0, 0.05) is 38.1 Å². The van der Waals surface area contributed by atoms with Crippen molar-refractivity contribution in [1.29, 1.82) is 0 Å². The number of rotatable bonds is 5. The van der Waals surface area contributed by atoms with E-state index in [0.29, 0.717) is 30.8 Å². The van der Waals surface area contributed by atoms with E-state index < -0.39 is 0 Å². The smallest absolute Gasteiger partial charge is 0.314 e. The summed E-state index contributed by atoms with van der Waals surface area (Å²) in [5.41, 5.74) is 0. The van der Waals surface area contributed by atoms with Gasteiger partial charge in [0.2, 0.25) is 5.88 Å². The molecule has 0 amide bonds. The van der Waals surface area contributed by atoms with E-state index in [2.05, 4.69) is 4.98 Å². The van der Waals surface area contributed by atoms with Gasteiger partial charge in [-0.2, -0.15) is 0 Å². The van der Waals surface area contributed by atoms with Gasteiger partial charge in [0.1, 0.15) is 5.75 Å². The minimum Gasteiger partial charge on any atom is -0.477 e. The average molecular weight is 326 g/mol. The number of esters is 1. The van der Waals surface area contributed by atoms with E-state index in [1.807, 2.05) is 0 Å². The second kappa shape index (κ2) is 10.1. The summed E-state index contributed by atoms with van der Waals surface area (Å²) < 4.78 is 16.4. The number of pyridine rings is 1. The van der Waals surface area contributed by atoms with Crippen molar-refractivity contribution in [3.8, 4) is 11.6 Å². The molecule has 1 saturated carbocycles. The predicted molar refractivity (Wildman–Crippen MR) is 91.2 cm³/mol. The zero-order chi connectivity index (χ0) is 15.9. The topological polar surface area (TPSA) is 57.7 Å². The molecule has 24 heavy (non-hydrogen) atoms. The van der Waals surface area contributed by atoms with Crippen molar-refractivity contribution < 1.29 is 19.0 Å². The molecule has 1 aromatic heterocycles. The largest absolute Gasteiger partial charge is 0.477 e. The summed E-state index contributed by atoms with van der Waals surface area (Å²) in [6.07, 6.45) is 9.49. The molecule has 6 heteroatoms.